The summed E-state index contributed by atoms with van der Waals surface area (Å²) in [6, 6.07) is 8.79. The lowest BCUT2D eigenvalue weighted by Crippen LogP contribution is -2.43. The minimum Gasteiger partial charge on any atom is -0.492 e. The summed E-state index contributed by atoms with van der Waals surface area (Å²) in [5.41, 5.74) is 3.29. The number of carbonyl (C=O) groups excluding carboxylic acids is 1. The second kappa shape index (κ2) is 13.3. The topological polar surface area (TPSA) is 64.6 Å². The zero-order chi connectivity index (χ0) is 30.7. The Kier molecular flexibility index (Phi) is 11.6. The minimum absolute atomic E-state index is 0.0896. The molecule has 0 saturated heterocycles. The molecule has 2 rings (SSSR count). The van der Waals surface area contributed by atoms with Gasteiger partial charge in [-0.25, -0.2) is 19.0 Å². The van der Waals surface area contributed by atoms with Crippen molar-refractivity contribution in [1.82, 2.24) is 4.72 Å². The molecule has 0 aliphatic rings. The molecule has 2 unspecified atom stereocenters. The van der Waals surface area contributed by atoms with Crippen LogP contribution in [-0.4, -0.2) is 52.9 Å². The average molecular weight is 612 g/mol. The SMILES string of the molecule is CCC(CC)(c1ccc(OCC(C(C)(C)C)S(C)(C)C(C)(C)C)c(C)c1)c1cc(C)c(S(=O)NCC(=O)OC)s1. The van der Waals surface area contributed by atoms with Crippen molar-refractivity contribution in [2.24, 2.45) is 5.41 Å². The Labute approximate surface area is 252 Å². The van der Waals surface area contributed by atoms with Gasteiger partial charge in [0.25, 0.3) is 0 Å². The first kappa shape index (κ1) is 34.8. The van der Waals surface area contributed by atoms with E-state index >= 15 is 0 Å². The van der Waals surface area contributed by atoms with Gasteiger partial charge < -0.3 is 9.47 Å². The first-order chi connectivity index (χ1) is 18.3. The summed E-state index contributed by atoms with van der Waals surface area (Å²) in [6.45, 7) is 23.3. The molecule has 1 aromatic carbocycles. The third kappa shape index (κ3) is 7.53. The number of ether oxygens (including phenoxy) is 2. The molecular weight excluding hydrogens is 559 g/mol. The molecule has 8 heteroatoms. The van der Waals surface area contributed by atoms with Crippen LogP contribution in [0.5, 0.6) is 5.75 Å². The van der Waals surface area contributed by atoms with Crippen LogP contribution in [0.1, 0.15) is 89.8 Å². The zero-order valence-corrected chi connectivity index (χ0v) is 29.5. The van der Waals surface area contributed by atoms with Crippen LogP contribution in [0.15, 0.2) is 28.5 Å². The number of hydrogen-bond acceptors (Lipinski definition) is 5. The first-order valence-electron chi connectivity index (χ1n) is 14.1. The van der Waals surface area contributed by atoms with E-state index in [1.54, 1.807) is 11.3 Å². The number of aryl methyl sites for hydroxylation is 2. The van der Waals surface area contributed by atoms with E-state index in [9.17, 15) is 9.00 Å². The minimum atomic E-state index is -1.48. The quantitative estimate of drug-likeness (QED) is 0.248. The van der Waals surface area contributed by atoms with Gasteiger partial charge in [0.15, 0.2) is 0 Å². The number of rotatable bonds is 12. The highest BCUT2D eigenvalue weighted by atomic mass is 32.3. The molecule has 5 nitrogen and oxygen atoms in total. The number of methoxy groups -OCH3 is 1. The molecule has 228 valence electrons. The number of thiophene rings is 1. The Morgan fingerprint density at radius 2 is 1.62 bits per heavy atom. The van der Waals surface area contributed by atoms with Gasteiger partial charge in [-0.2, -0.15) is 0 Å². The van der Waals surface area contributed by atoms with Crippen LogP contribution in [0.2, 0.25) is 0 Å². The van der Waals surface area contributed by atoms with Gasteiger partial charge in [0.2, 0.25) is 0 Å². The zero-order valence-electron chi connectivity index (χ0n) is 27.1. The van der Waals surface area contributed by atoms with Gasteiger partial charge in [-0.1, -0.05) is 67.5 Å². The Hall–Kier alpha value is -1.35. The number of benzene rings is 1. The lowest BCUT2D eigenvalue weighted by molar-refractivity contribution is -0.139. The maximum Gasteiger partial charge on any atom is 0.320 e. The molecule has 2 atom stereocenters. The average Bonchev–Trinajstić information content (AvgIpc) is 3.24. The molecule has 0 spiro atoms. The van der Waals surface area contributed by atoms with Crippen molar-refractivity contribution in [3.63, 3.8) is 0 Å². The summed E-state index contributed by atoms with van der Waals surface area (Å²) < 4.78 is 28.0. The molecule has 0 bridgehead atoms. The fourth-order valence-electron chi connectivity index (χ4n) is 5.30. The maximum atomic E-state index is 13.0. The number of esters is 1. The third-order valence-electron chi connectivity index (χ3n) is 8.67. The largest absolute Gasteiger partial charge is 0.492 e. The maximum absolute atomic E-state index is 13.0. The highest BCUT2D eigenvalue weighted by Crippen LogP contribution is 2.61. The molecule has 0 amide bonds. The highest BCUT2D eigenvalue weighted by Gasteiger charge is 2.42. The molecule has 1 heterocycles. The fourth-order valence-corrected chi connectivity index (χ4v) is 11.1. The lowest BCUT2D eigenvalue weighted by Gasteiger charge is -2.54. The molecule has 0 aliphatic carbocycles. The van der Waals surface area contributed by atoms with E-state index in [0.29, 0.717) is 11.9 Å². The van der Waals surface area contributed by atoms with Crippen molar-refractivity contribution in [2.45, 2.75) is 102 Å². The van der Waals surface area contributed by atoms with Crippen molar-refractivity contribution in [1.29, 1.82) is 0 Å². The van der Waals surface area contributed by atoms with Crippen molar-refractivity contribution in [3.8, 4) is 5.75 Å². The van der Waals surface area contributed by atoms with Crippen LogP contribution >= 0.6 is 21.4 Å². The lowest BCUT2D eigenvalue weighted by atomic mass is 9.74. The molecule has 0 radical (unpaired) electrons. The van der Waals surface area contributed by atoms with Crippen LogP contribution in [0.3, 0.4) is 0 Å². The van der Waals surface area contributed by atoms with Crippen molar-refractivity contribution in [2.75, 3.05) is 32.8 Å². The van der Waals surface area contributed by atoms with Crippen LogP contribution in [0.25, 0.3) is 0 Å². The smallest absolute Gasteiger partial charge is 0.320 e. The number of nitrogens with one attached hydrogen (secondary N) is 1. The standard InChI is InChI=1S/C32H53NO4S3/c1-14-32(15-2,26-19-23(4)29(38-26)39(35)33-20-28(34)36-11)24-16-17-25(22(3)18-24)37-21-27(30(5,6)7)40(12,13)31(8,9)10/h16-19,27,33H,14-15,20-21H2,1-13H3. The number of hydrogen-bond donors (Lipinski definition) is 1. The molecule has 0 fully saturated rings. The summed E-state index contributed by atoms with van der Waals surface area (Å²) in [4.78, 5) is 12.7. The molecule has 0 saturated carbocycles. The predicted molar refractivity (Wildman–Crippen MR) is 176 cm³/mol. The Morgan fingerprint density at radius 3 is 2.10 bits per heavy atom. The van der Waals surface area contributed by atoms with Crippen LogP contribution in [0, 0.1) is 19.3 Å². The van der Waals surface area contributed by atoms with Gasteiger partial charge in [0.1, 0.15) is 27.5 Å². The summed E-state index contributed by atoms with van der Waals surface area (Å²) >= 11 is 1.57. The molecule has 1 N–H and O–H groups in total. The summed E-state index contributed by atoms with van der Waals surface area (Å²) in [5, 5.41) is 0.450. The molecule has 2 aromatic rings. The van der Waals surface area contributed by atoms with E-state index in [1.165, 1.54) is 17.6 Å². The van der Waals surface area contributed by atoms with E-state index in [0.717, 1.165) is 33.9 Å². The van der Waals surface area contributed by atoms with Gasteiger partial charge in [-0.3, -0.25) is 4.79 Å². The third-order valence-corrected chi connectivity index (χ3v) is 17.1. The molecule has 40 heavy (non-hydrogen) atoms. The second-order valence-electron chi connectivity index (χ2n) is 13.2. The molecule has 1 aromatic heterocycles. The summed E-state index contributed by atoms with van der Waals surface area (Å²) in [6.07, 6.45) is 6.74. The van der Waals surface area contributed by atoms with Crippen LogP contribution in [-0.2, 0) is 25.9 Å². The number of carbonyl (C=O) groups is 1. The van der Waals surface area contributed by atoms with Gasteiger partial charge in [-0.15, -0.1) is 11.3 Å². The normalized spacial score (nSPS) is 15.0. The highest BCUT2D eigenvalue weighted by molar-refractivity contribution is 8.34. The summed E-state index contributed by atoms with van der Waals surface area (Å²) in [5.74, 6) is 0.508. The first-order valence-corrected chi connectivity index (χ1v) is 18.6. The molecule has 0 aliphatic heterocycles. The Morgan fingerprint density at radius 1 is 1.02 bits per heavy atom. The van der Waals surface area contributed by atoms with Crippen molar-refractivity contribution < 1.29 is 18.5 Å². The van der Waals surface area contributed by atoms with Gasteiger partial charge in [0.05, 0.1) is 13.7 Å². The van der Waals surface area contributed by atoms with E-state index in [4.69, 9.17) is 4.74 Å². The van der Waals surface area contributed by atoms with E-state index < -0.39 is 27.0 Å². The van der Waals surface area contributed by atoms with E-state index in [1.807, 2.05) is 6.92 Å². The van der Waals surface area contributed by atoms with Crippen molar-refractivity contribution >= 4 is 38.3 Å². The van der Waals surface area contributed by atoms with E-state index in [2.05, 4.69) is 109 Å². The van der Waals surface area contributed by atoms with Gasteiger partial charge in [-0.05, 0) is 78.2 Å². The summed E-state index contributed by atoms with van der Waals surface area (Å²) in [7, 11) is -1.11. The van der Waals surface area contributed by atoms with Crippen LogP contribution in [0.4, 0.5) is 0 Å². The monoisotopic (exact) mass is 611 g/mol. The van der Waals surface area contributed by atoms with E-state index in [-0.39, 0.29) is 22.1 Å². The second-order valence-corrected chi connectivity index (χ2v) is 20.4. The molecular formula is C32H53NO4S3. The Bertz CT molecular complexity index is 1180. The van der Waals surface area contributed by atoms with Crippen LogP contribution < -0.4 is 9.46 Å². The Balaban J connectivity index is 2.39. The fraction of sp³-hybridized carbons (Fsp3) is 0.656. The predicted octanol–water partition coefficient (Wildman–Crippen LogP) is 7.91. The van der Waals surface area contributed by atoms with Gasteiger partial charge in [0, 0.05) is 15.5 Å². The van der Waals surface area contributed by atoms with Crippen molar-refractivity contribution in [3.05, 3.63) is 45.8 Å². The van der Waals surface area contributed by atoms with Gasteiger partial charge >= 0.3 is 5.97 Å².